The zero-order valence-electron chi connectivity index (χ0n) is 10.2. The lowest BCUT2D eigenvalue weighted by atomic mass is 10.2. The highest BCUT2D eigenvalue weighted by atomic mass is 35.5. The van der Waals surface area contributed by atoms with Crippen LogP contribution in [0.3, 0.4) is 0 Å². The number of benzene rings is 1. The van der Waals surface area contributed by atoms with Crippen molar-refractivity contribution in [2.75, 3.05) is 6.54 Å². The van der Waals surface area contributed by atoms with Crippen molar-refractivity contribution in [3.05, 3.63) is 34.9 Å². The predicted molar refractivity (Wildman–Crippen MR) is 69.4 cm³/mol. The minimum absolute atomic E-state index is 0.270. The van der Waals surface area contributed by atoms with Crippen molar-refractivity contribution < 1.29 is 8.81 Å². The van der Waals surface area contributed by atoms with E-state index in [-0.39, 0.29) is 10.8 Å². The SMILES string of the molecule is Fc1ccc(-c2nnc(CCNC3CC3)o2)c(Cl)c1. The maximum absolute atomic E-state index is 13.0. The van der Waals surface area contributed by atoms with E-state index in [0.717, 1.165) is 6.54 Å². The van der Waals surface area contributed by atoms with Crippen molar-refractivity contribution in [1.82, 2.24) is 15.5 Å². The molecular weight excluding hydrogens is 269 g/mol. The van der Waals surface area contributed by atoms with Gasteiger partial charge in [-0.2, -0.15) is 0 Å². The van der Waals surface area contributed by atoms with E-state index in [9.17, 15) is 4.39 Å². The summed E-state index contributed by atoms with van der Waals surface area (Å²) in [7, 11) is 0. The second-order valence-electron chi connectivity index (χ2n) is 4.60. The van der Waals surface area contributed by atoms with Gasteiger partial charge in [0.2, 0.25) is 11.8 Å². The summed E-state index contributed by atoms with van der Waals surface area (Å²) in [6.45, 7) is 0.823. The third-order valence-electron chi connectivity index (χ3n) is 2.98. The lowest BCUT2D eigenvalue weighted by molar-refractivity contribution is 0.494. The van der Waals surface area contributed by atoms with Gasteiger partial charge in [0.15, 0.2) is 0 Å². The zero-order valence-corrected chi connectivity index (χ0v) is 11.0. The van der Waals surface area contributed by atoms with Gasteiger partial charge >= 0.3 is 0 Å². The van der Waals surface area contributed by atoms with E-state index in [4.69, 9.17) is 16.0 Å². The number of nitrogens with one attached hydrogen (secondary N) is 1. The van der Waals surface area contributed by atoms with Gasteiger partial charge in [-0.3, -0.25) is 0 Å². The van der Waals surface area contributed by atoms with Crippen LogP contribution >= 0.6 is 11.6 Å². The summed E-state index contributed by atoms with van der Waals surface area (Å²) >= 11 is 5.95. The maximum Gasteiger partial charge on any atom is 0.249 e. The summed E-state index contributed by atoms with van der Waals surface area (Å²) < 4.78 is 18.5. The molecule has 2 aromatic rings. The molecule has 1 saturated carbocycles. The summed E-state index contributed by atoms with van der Waals surface area (Å²) in [5.41, 5.74) is 0.553. The molecule has 100 valence electrons. The van der Waals surface area contributed by atoms with Crippen molar-refractivity contribution in [3.63, 3.8) is 0 Å². The molecule has 0 unspecified atom stereocenters. The molecule has 0 atom stereocenters. The number of hydrogen-bond donors (Lipinski definition) is 1. The molecule has 1 aliphatic rings. The summed E-state index contributed by atoms with van der Waals surface area (Å²) in [4.78, 5) is 0. The second-order valence-corrected chi connectivity index (χ2v) is 5.01. The number of hydrogen-bond acceptors (Lipinski definition) is 4. The van der Waals surface area contributed by atoms with Crippen LogP contribution in [0.4, 0.5) is 4.39 Å². The van der Waals surface area contributed by atoms with Crippen LogP contribution in [0.1, 0.15) is 18.7 Å². The van der Waals surface area contributed by atoms with Gasteiger partial charge in [0, 0.05) is 19.0 Å². The first-order valence-electron chi connectivity index (χ1n) is 6.23. The monoisotopic (exact) mass is 281 g/mol. The number of halogens is 2. The summed E-state index contributed by atoms with van der Waals surface area (Å²) in [5, 5.41) is 11.5. The van der Waals surface area contributed by atoms with Gasteiger partial charge in [0.1, 0.15) is 5.82 Å². The van der Waals surface area contributed by atoms with Crippen LogP contribution in [-0.2, 0) is 6.42 Å². The molecule has 1 aromatic heterocycles. The van der Waals surface area contributed by atoms with Crippen LogP contribution < -0.4 is 5.32 Å². The topological polar surface area (TPSA) is 51.0 Å². The van der Waals surface area contributed by atoms with Crippen molar-refractivity contribution in [2.24, 2.45) is 0 Å². The first-order chi connectivity index (χ1) is 9.22. The normalized spacial score (nSPS) is 14.8. The minimum Gasteiger partial charge on any atom is -0.421 e. The van der Waals surface area contributed by atoms with E-state index >= 15 is 0 Å². The van der Waals surface area contributed by atoms with Crippen molar-refractivity contribution in [3.8, 4) is 11.5 Å². The number of rotatable bonds is 5. The lowest BCUT2D eigenvalue weighted by Crippen LogP contribution is -2.19. The van der Waals surface area contributed by atoms with Gasteiger partial charge in [-0.15, -0.1) is 10.2 Å². The molecule has 1 aromatic carbocycles. The first kappa shape index (κ1) is 12.6. The van der Waals surface area contributed by atoms with E-state index < -0.39 is 0 Å². The molecule has 6 heteroatoms. The third kappa shape index (κ3) is 3.11. The fraction of sp³-hybridized carbons (Fsp3) is 0.385. The van der Waals surface area contributed by atoms with Crippen LogP contribution in [0.5, 0.6) is 0 Å². The average Bonchev–Trinajstić information content (AvgIpc) is 3.07. The van der Waals surface area contributed by atoms with E-state index in [2.05, 4.69) is 15.5 Å². The Morgan fingerprint density at radius 3 is 2.95 bits per heavy atom. The molecule has 1 aliphatic carbocycles. The van der Waals surface area contributed by atoms with Crippen molar-refractivity contribution >= 4 is 11.6 Å². The molecule has 1 N–H and O–H groups in total. The highest BCUT2D eigenvalue weighted by molar-refractivity contribution is 6.33. The summed E-state index contributed by atoms with van der Waals surface area (Å²) in [6, 6.07) is 4.75. The van der Waals surface area contributed by atoms with Crippen molar-refractivity contribution in [1.29, 1.82) is 0 Å². The fourth-order valence-corrected chi connectivity index (χ4v) is 2.05. The number of aromatic nitrogens is 2. The first-order valence-corrected chi connectivity index (χ1v) is 6.61. The Hall–Kier alpha value is -1.46. The highest BCUT2D eigenvalue weighted by Crippen LogP contribution is 2.27. The van der Waals surface area contributed by atoms with Crippen LogP contribution in [0, 0.1) is 5.82 Å². The molecule has 1 heterocycles. The van der Waals surface area contributed by atoms with Gasteiger partial charge in [-0.25, -0.2) is 4.39 Å². The molecule has 0 spiro atoms. The number of nitrogens with zero attached hydrogens (tertiary/aromatic N) is 2. The largest absolute Gasteiger partial charge is 0.421 e. The molecular formula is C13H13ClFN3O. The van der Waals surface area contributed by atoms with Gasteiger partial charge in [-0.05, 0) is 31.0 Å². The maximum atomic E-state index is 13.0. The van der Waals surface area contributed by atoms with Gasteiger partial charge in [-0.1, -0.05) is 11.6 Å². The van der Waals surface area contributed by atoms with E-state index in [1.807, 2.05) is 0 Å². The van der Waals surface area contributed by atoms with Gasteiger partial charge < -0.3 is 9.73 Å². The Labute approximate surface area is 115 Å². The van der Waals surface area contributed by atoms with Crippen molar-refractivity contribution in [2.45, 2.75) is 25.3 Å². The zero-order chi connectivity index (χ0) is 13.2. The van der Waals surface area contributed by atoms with Crippen LogP contribution in [0.2, 0.25) is 5.02 Å². The molecule has 0 bridgehead atoms. The van der Waals surface area contributed by atoms with E-state index in [1.165, 1.54) is 31.0 Å². The Morgan fingerprint density at radius 2 is 2.21 bits per heavy atom. The molecule has 0 radical (unpaired) electrons. The van der Waals surface area contributed by atoms with Gasteiger partial charge in [0.25, 0.3) is 0 Å². The summed E-state index contributed by atoms with van der Waals surface area (Å²) in [5.74, 6) is 0.497. The Bertz CT molecular complexity index is 583. The average molecular weight is 282 g/mol. The summed E-state index contributed by atoms with van der Waals surface area (Å²) in [6.07, 6.45) is 3.18. The molecule has 0 aliphatic heterocycles. The molecule has 0 saturated heterocycles. The van der Waals surface area contributed by atoms with E-state index in [1.54, 1.807) is 0 Å². The Balaban J connectivity index is 1.68. The van der Waals surface area contributed by atoms with Crippen LogP contribution in [-0.4, -0.2) is 22.8 Å². The van der Waals surface area contributed by atoms with E-state index in [0.29, 0.717) is 29.8 Å². The standard InChI is InChI=1S/C13H13ClFN3O/c14-11-7-8(15)1-4-10(11)13-18-17-12(19-13)5-6-16-9-2-3-9/h1,4,7,9,16H,2-3,5-6H2. The quantitative estimate of drug-likeness (QED) is 0.916. The molecule has 19 heavy (non-hydrogen) atoms. The highest BCUT2D eigenvalue weighted by Gasteiger charge is 2.20. The lowest BCUT2D eigenvalue weighted by Gasteiger charge is -1.99. The predicted octanol–water partition coefficient (Wildman–Crippen LogP) is 2.82. The Kier molecular flexibility index (Phi) is 3.48. The molecule has 4 nitrogen and oxygen atoms in total. The molecule has 3 rings (SSSR count). The molecule has 0 amide bonds. The smallest absolute Gasteiger partial charge is 0.249 e. The second kappa shape index (κ2) is 5.27. The van der Waals surface area contributed by atoms with Crippen LogP contribution in [0.15, 0.2) is 22.6 Å². The third-order valence-corrected chi connectivity index (χ3v) is 3.29. The van der Waals surface area contributed by atoms with Gasteiger partial charge in [0.05, 0.1) is 10.6 Å². The fourth-order valence-electron chi connectivity index (χ4n) is 1.80. The van der Waals surface area contributed by atoms with Crippen LogP contribution in [0.25, 0.3) is 11.5 Å². The minimum atomic E-state index is -0.387. The molecule has 1 fully saturated rings. The Morgan fingerprint density at radius 1 is 1.37 bits per heavy atom.